The fourth-order valence-electron chi connectivity index (χ4n) is 2.33. The van der Waals surface area contributed by atoms with Crippen molar-refractivity contribution in [3.05, 3.63) is 83.8 Å². The topological polar surface area (TPSA) is 17.2 Å². The highest BCUT2D eigenvalue weighted by molar-refractivity contribution is 5.81. The second kappa shape index (κ2) is 5.60. The van der Waals surface area contributed by atoms with Crippen molar-refractivity contribution in [2.45, 2.75) is 6.92 Å². The van der Waals surface area contributed by atoms with Crippen LogP contribution in [0.4, 0.5) is 5.69 Å². The van der Waals surface area contributed by atoms with E-state index in [1.54, 1.807) is 0 Å². The number of hydrogen-bond donors (Lipinski definition) is 0. The Morgan fingerprint density at radius 2 is 1.62 bits per heavy atom. The summed E-state index contributed by atoms with van der Waals surface area (Å²) in [5, 5.41) is 0. The third-order valence-electron chi connectivity index (χ3n) is 3.38. The average Bonchev–Trinajstić information content (AvgIpc) is 2.56. The van der Waals surface area contributed by atoms with Crippen molar-refractivity contribution >= 4 is 5.69 Å². The molecule has 0 fully saturated rings. The van der Waals surface area contributed by atoms with Gasteiger partial charge in [0.25, 0.3) is 0 Å². The van der Waals surface area contributed by atoms with Crippen LogP contribution in [-0.4, -0.2) is 4.98 Å². The molecule has 0 N–H and O–H groups in total. The van der Waals surface area contributed by atoms with Gasteiger partial charge in [-0.1, -0.05) is 54.6 Å². The van der Waals surface area contributed by atoms with Gasteiger partial charge in [0.1, 0.15) is 0 Å². The minimum Gasteiger partial charge on any atom is -0.255 e. The molecule has 0 aliphatic carbocycles. The highest BCUT2D eigenvalue weighted by atomic mass is 14.7. The summed E-state index contributed by atoms with van der Waals surface area (Å²) in [6.07, 6.45) is 1.89. The van der Waals surface area contributed by atoms with Crippen LogP contribution in [0, 0.1) is 13.5 Å². The quantitative estimate of drug-likeness (QED) is 0.579. The summed E-state index contributed by atoms with van der Waals surface area (Å²) in [4.78, 5) is 8.04. The summed E-state index contributed by atoms with van der Waals surface area (Å²) >= 11 is 0. The molecule has 21 heavy (non-hydrogen) atoms. The third kappa shape index (κ3) is 2.68. The molecule has 3 aromatic rings. The van der Waals surface area contributed by atoms with E-state index in [-0.39, 0.29) is 0 Å². The van der Waals surface area contributed by atoms with Crippen LogP contribution in [0.5, 0.6) is 0 Å². The molecule has 2 nitrogen and oxygen atoms in total. The molecule has 0 atom stereocenters. The van der Waals surface area contributed by atoms with Gasteiger partial charge < -0.3 is 0 Å². The minimum atomic E-state index is 0.653. The predicted molar refractivity (Wildman–Crippen MR) is 86.1 cm³/mol. The van der Waals surface area contributed by atoms with E-state index in [1.165, 1.54) is 0 Å². The highest BCUT2D eigenvalue weighted by Gasteiger charge is 2.09. The Hall–Kier alpha value is -2.92. The molecule has 0 bridgehead atoms. The maximum atomic E-state index is 7.04. The van der Waals surface area contributed by atoms with Crippen molar-refractivity contribution in [3.63, 3.8) is 0 Å². The molecule has 100 valence electrons. The molecule has 1 heterocycles. The molecule has 0 aliphatic rings. The second-order valence-corrected chi connectivity index (χ2v) is 4.93. The number of nitrogens with zero attached hydrogens (tertiary/aromatic N) is 2. The Morgan fingerprint density at radius 1 is 0.905 bits per heavy atom. The fraction of sp³-hybridized carbons (Fsp3) is 0.0526. The molecule has 0 amide bonds. The maximum absolute atomic E-state index is 7.04. The van der Waals surface area contributed by atoms with E-state index in [0.717, 1.165) is 27.9 Å². The average molecular weight is 270 g/mol. The van der Waals surface area contributed by atoms with Crippen LogP contribution in [-0.2, 0) is 0 Å². The first kappa shape index (κ1) is 13.1. The lowest BCUT2D eigenvalue weighted by Crippen LogP contribution is -1.90. The summed E-state index contributed by atoms with van der Waals surface area (Å²) in [6.45, 7) is 9.08. The monoisotopic (exact) mass is 270 g/mol. The van der Waals surface area contributed by atoms with Crippen molar-refractivity contribution in [1.29, 1.82) is 0 Å². The van der Waals surface area contributed by atoms with E-state index in [0.29, 0.717) is 5.69 Å². The first-order valence-corrected chi connectivity index (χ1v) is 6.78. The van der Waals surface area contributed by atoms with Crippen LogP contribution < -0.4 is 0 Å². The number of benzene rings is 2. The summed E-state index contributed by atoms with van der Waals surface area (Å²) < 4.78 is 0. The van der Waals surface area contributed by atoms with Crippen LogP contribution in [0.25, 0.3) is 27.2 Å². The molecule has 0 saturated heterocycles. The largest absolute Gasteiger partial charge is 0.255 e. The molecular formula is C19H14N2. The van der Waals surface area contributed by atoms with Gasteiger partial charge in [0, 0.05) is 17.3 Å². The van der Waals surface area contributed by atoms with Gasteiger partial charge in [-0.2, -0.15) is 0 Å². The van der Waals surface area contributed by atoms with Crippen molar-refractivity contribution < 1.29 is 0 Å². The molecular weight excluding hydrogens is 256 g/mol. The number of rotatable bonds is 2. The summed E-state index contributed by atoms with van der Waals surface area (Å²) in [6, 6.07) is 20.0. The van der Waals surface area contributed by atoms with Crippen molar-refractivity contribution in [2.24, 2.45) is 0 Å². The van der Waals surface area contributed by atoms with Crippen LogP contribution in [0.2, 0.25) is 0 Å². The van der Waals surface area contributed by atoms with Gasteiger partial charge in [0.05, 0.1) is 12.3 Å². The lowest BCUT2D eigenvalue weighted by atomic mass is 9.98. The van der Waals surface area contributed by atoms with E-state index in [9.17, 15) is 0 Å². The van der Waals surface area contributed by atoms with E-state index < -0.39 is 0 Å². The SMILES string of the molecule is [C-]#[N+]c1ccc(-c2cc(C)cnc2-c2ccccc2)cc1. The van der Waals surface area contributed by atoms with Gasteiger partial charge in [0.2, 0.25) is 0 Å². The van der Waals surface area contributed by atoms with Crippen molar-refractivity contribution in [2.75, 3.05) is 0 Å². The van der Waals surface area contributed by atoms with Gasteiger partial charge in [-0.3, -0.25) is 4.98 Å². The molecule has 2 aromatic carbocycles. The lowest BCUT2D eigenvalue weighted by molar-refractivity contribution is 1.27. The molecule has 3 rings (SSSR count). The van der Waals surface area contributed by atoms with Crippen LogP contribution >= 0.6 is 0 Å². The molecule has 0 radical (unpaired) electrons. The van der Waals surface area contributed by atoms with Crippen molar-refractivity contribution in [3.8, 4) is 22.4 Å². The van der Waals surface area contributed by atoms with E-state index >= 15 is 0 Å². The standard InChI is InChI=1S/C19H14N2/c1-14-12-18(15-8-10-17(20-2)11-9-15)19(21-13-14)16-6-4-3-5-7-16/h3-13H,1H3. The normalized spacial score (nSPS) is 10.1. The predicted octanol–water partition coefficient (Wildman–Crippen LogP) is 5.27. The second-order valence-electron chi connectivity index (χ2n) is 4.93. The maximum Gasteiger partial charge on any atom is 0.187 e. The molecule has 1 aromatic heterocycles. The Kier molecular flexibility index (Phi) is 3.49. The zero-order valence-electron chi connectivity index (χ0n) is 11.7. The van der Waals surface area contributed by atoms with E-state index in [4.69, 9.17) is 6.57 Å². The van der Waals surface area contributed by atoms with Crippen LogP contribution in [0.1, 0.15) is 5.56 Å². The lowest BCUT2D eigenvalue weighted by Gasteiger charge is -2.10. The molecule has 0 spiro atoms. The zero-order valence-corrected chi connectivity index (χ0v) is 11.7. The number of hydrogen-bond acceptors (Lipinski definition) is 1. The molecule has 2 heteroatoms. The third-order valence-corrected chi connectivity index (χ3v) is 3.38. The summed E-state index contributed by atoms with van der Waals surface area (Å²) in [5.41, 5.74) is 6.02. The van der Waals surface area contributed by atoms with Gasteiger partial charge >= 0.3 is 0 Å². The Labute approximate surface area is 124 Å². The van der Waals surface area contributed by atoms with Gasteiger partial charge in [-0.05, 0) is 24.1 Å². The Balaban J connectivity index is 2.17. The van der Waals surface area contributed by atoms with E-state index in [2.05, 4.69) is 28.0 Å². The van der Waals surface area contributed by atoms with Crippen LogP contribution in [0.15, 0.2) is 66.9 Å². The number of aryl methyl sites for hydroxylation is 1. The van der Waals surface area contributed by atoms with Crippen molar-refractivity contribution in [1.82, 2.24) is 4.98 Å². The Morgan fingerprint density at radius 3 is 2.29 bits per heavy atom. The number of aromatic nitrogens is 1. The first-order valence-electron chi connectivity index (χ1n) is 6.78. The smallest absolute Gasteiger partial charge is 0.187 e. The summed E-state index contributed by atoms with van der Waals surface area (Å²) in [7, 11) is 0. The first-order chi connectivity index (χ1) is 10.3. The fourth-order valence-corrected chi connectivity index (χ4v) is 2.33. The molecule has 0 saturated carbocycles. The highest BCUT2D eigenvalue weighted by Crippen LogP contribution is 2.31. The van der Waals surface area contributed by atoms with Crippen LogP contribution in [0.3, 0.4) is 0 Å². The Bertz CT molecular complexity index is 797. The zero-order chi connectivity index (χ0) is 14.7. The molecule has 0 aliphatic heterocycles. The number of pyridine rings is 1. The summed E-state index contributed by atoms with van der Waals surface area (Å²) in [5.74, 6) is 0. The minimum absolute atomic E-state index is 0.653. The van der Waals surface area contributed by atoms with Gasteiger partial charge in [-0.25, -0.2) is 4.85 Å². The van der Waals surface area contributed by atoms with Gasteiger partial charge in [0.15, 0.2) is 5.69 Å². The van der Waals surface area contributed by atoms with E-state index in [1.807, 2.05) is 55.6 Å². The van der Waals surface area contributed by atoms with Gasteiger partial charge in [-0.15, -0.1) is 0 Å². The molecule has 0 unspecified atom stereocenters.